The van der Waals surface area contributed by atoms with Crippen LogP contribution in [0.3, 0.4) is 0 Å². The van der Waals surface area contributed by atoms with Crippen LogP contribution in [-0.2, 0) is 9.59 Å². The van der Waals surface area contributed by atoms with Gasteiger partial charge in [0.1, 0.15) is 12.7 Å². The Morgan fingerprint density at radius 3 is 2.42 bits per heavy atom. The lowest BCUT2D eigenvalue weighted by molar-refractivity contribution is -0.115. The van der Waals surface area contributed by atoms with E-state index in [1.165, 1.54) is 12.3 Å². The number of benzene rings is 3. The Balaban J connectivity index is 1.51. The van der Waals surface area contributed by atoms with Crippen molar-refractivity contribution < 1.29 is 19.8 Å². The molecule has 200 valence electrons. The second kappa shape index (κ2) is 13.1. The molecule has 0 bridgehead atoms. The molecule has 0 radical (unpaired) electrons. The van der Waals surface area contributed by atoms with E-state index in [0.717, 1.165) is 27.9 Å². The highest BCUT2D eigenvalue weighted by atomic mass is 16.3. The van der Waals surface area contributed by atoms with Gasteiger partial charge in [-0.05, 0) is 65.6 Å². The van der Waals surface area contributed by atoms with Gasteiger partial charge in [0.05, 0.1) is 23.0 Å². The first-order valence-corrected chi connectivity index (χ1v) is 12.6. The van der Waals surface area contributed by atoms with Gasteiger partial charge in [-0.25, -0.2) is 14.5 Å². The third-order valence-electron chi connectivity index (χ3n) is 6.33. The molecule has 1 aromatic heterocycles. The summed E-state index contributed by atoms with van der Waals surface area (Å²) in [7, 11) is 0. The van der Waals surface area contributed by atoms with E-state index in [-0.39, 0.29) is 12.4 Å². The fourth-order valence-electron chi connectivity index (χ4n) is 4.16. The van der Waals surface area contributed by atoms with Crippen molar-refractivity contribution in [3.05, 3.63) is 126 Å². The number of hydrogen-bond acceptors (Lipinski definition) is 7. The molecule has 0 saturated heterocycles. The molecule has 3 aromatic carbocycles. The molecule has 0 saturated carbocycles. The molecule has 40 heavy (non-hydrogen) atoms. The average Bonchev–Trinajstić information content (AvgIpc) is 3.52. The highest BCUT2D eigenvalue weighted by Crippen LogP contribution is 2.25. The molecule has 0 aliphatic carbocycles. The molecular weight excluding hydrogens is 504 g/mol. The predicted molar refractivity (Wildman–Crippen MR) is 156 cm³/mol. The highest BCUT2D eigenvalue weighted by molar-refractivity contribution is 6.03. The molecule has 0 spiro atoms. The lowest BCUT2D eigenvalue weighted by Crippen LogP contribution is -2.08. The fourth-order valence-corrected chi connectivity index (χ4v) is 4.16. The number of hydrogen-bond donors (Lipinski definition) is 2. The number of carbonyl (C=O) groups excluding carboxylic acids is 2. The maximum atomic E-state index is 13.0. The minimum absolute atomic E-state index is 0.0925. The third-order valence-corrected chi connectivity index (χ3v) is 6.33. The minimum atomic E-state index is -0.522. The van der Waals surface area contributed by atoms with Crippen molar-refractivity contribution in [3.63, 3.8) is 0 Å². The quantitative estimate of drug-likeness (QED) is 0.0883. The summed E-state index contributed by atoms with van der Waals surface area (Å²) in [5.74, 6) is 0.389. The molecule has 0 aliphatic heterocycles. The molecule has 1 unspecified atom stereocenters. The van der Waals surface area contributed by atoms with Gasteiger partial charge >= 0.3 is 0 Å². The smallest absolute Gasteiger partial charge is 0.208 e. The van der Waals surface area contributed by atoms with Crippen molar-refractivity contribution >= 4 is 35.0 Å². The Kier molecular flexibility index (Phi) is 9.10. The minimum Gasteiger partial charge on any atom is -0.499 e. The third kappa shape index (κ3) is 6.63. The fraction of sp³-hybridized carbons (Fsp3) is 0.125. The molecule has 0 fully saturated rings. The molecule has 1 atom stereocenters. The molecule has 0 amide bonds. The summed E-state index contributed by atoms with van der Waals surface area (Å²) in [6.07, 6.45) is 8.34. The van der Waals surface area contributed by atoms with Gasteiger partial charge in [-0.1, -0.05) is 48.6 Å². The molecule has 0 aliphatic rings. The Morgan fingerprint density at radius 2 is 1.82 bits per heavy atom. The van der Waals surface area contributed by atoms with E-state index < -0.39 is 11.7 Å². The zero-order valence-electron chi connectivity index (χ0n) is 21.9. The number of allylic oxidation sites excluding steroid dienone is 2. The van der Waals surface area contributed by atoms with E-state index in [9.17, 15) is 19.8 Å². The van der Waals surface area contributed by atoms with Gasteiger partial charge in [0, 0.05) is 18.6 Å². The number of aliphatic hydroxyl groups excluding tert-OH is 2. The molecule has 1 heterocycles. The lowest BCUT2D eigenvalue weighted by atomic mass is 9.92. The molecule has 2 N–H and O–H groups in total. The number of ketones is 1. The van der Waals surface area contributed by atoms with Crippen LogP contribution in [0.1, 0.15) is 40.2 Å². The zero-order valence-corrected chi connectivity index (χ0v) is 21.9. The number of aliphatic hydroxyl groups is 2. The van der Waals surface area contributed by atoms with Crippen LogP contribution < -0.4 is 0 Å². The molecular formula is C32H28N4O4. The predicted octanol–water partition coefficient (Wildman–Crippen LogP) is 5.36. The lowest BCUT2D eigenvalue weighted by Gasteiger charge is -2.12. The first-order chi connectivity index (χ1) is 19.4. The van der Waals surface area contributed by atoms with Crippen LogP contribution in [0, 0.1) is 6.92 Å². The first-order valence-electron chi connectivity index (χ1n) is 12.6. The van der Waals surface area contributed by atoms with E-state index in [1.807, 2.05) is 55.5 Å². The Hall–Kier alpha value is -5.17. The van der Waals surface area contributed by atoms with E-state index in [2.05, 4.69) is 16.7 Å². The van der Waals surface area contributed by atoms with Gasteiger partial charge in [-0.2, -0.15) is 5.10 Å². The van der Waals surface area contributed by atoms with E-state index in [0.29, 0.717) is 23.4 Å². The number of aryl methyl sites for hydroxylation is 1. The second-order valence-corrected chi connectivity index (χ2v) is 8.99. The van der Waals surface area contributed by atoms with Gasteiger partial charge in [0.15, 0.2) is 11.7 Å². The number of aliphatic imine (C=N–C) groups is 1. The summed E-state index contributed by atoms with van der Waals surface area (Å²) in [5.41, 5.74) is 5.76. The van der Waals surface area contributed by atoms with Crippen molar-refractivity contribution in [3.8, 4) is 5.69 Å². The zero-order chi connectivity index (χ0) is 28.5. The van der Waals surface area contributed by atoms with Gasteiger partial charge in [-0.15, -0.1) is 6.58 Å². The van der Waals surface area contributed by atoms with Crippen LogP contribution in [0.2, 0.25) is 0 Å². The van der Waals surface area contributed by atoms with Crippen molar-refractivity contribution in [2.75, 3.05) is 6.61 Å². The topological polar surface area (TPSA) is 118 Å². The summed E-state index contributed by atoms with van der Waals surface area (Å²) in [6.45, 7) is 5.59. The SMILES string of the molecule is C=CC(C(=O)/C=C/c1ccc(-n2cncn2)cc1)c1ccc(C(CCO)=Nc2ccc(C(O)=C=O)cc2C)cc1. The van der Waals surface area contributed by atoms with E-state index in [4.69, 9.17) is 4.99 Å². The standard InChI is InChI=1S/C32H28N4O4/c1-3-28(31(39)15-6-23-4-12-27(13-5-23)36-21-33-20-34-36)24-7-9-25(10-8-24)30(16-17-37)35-29-14-11-26(18-22(29)2)32(40)19-38/h3-15,18,20-21,28,37,40H,1,16-17H2,2H3/b15-6+,35-30?. The van der Waals surface area contributed by atoms with Gasteiger partial charge in [-0.3, -0.25) is 9.79 Å². The Labute approximate surface area is 232 Å². The van der Waals surface area contributed by atoms with E-state index >= 15 is 0 Å². The number of aromatic nitrogens is 3. The van der Waals surface area contributed by atoms with Crippen molar-refractivity contribution in [1.29, 1.82) is 0 Å². The van der Waals surface area contributed by atoms with Crippen molar-refractivity contribution in [1.82, 2.24) is 14.8 Å². The van der Waals surface area contributed by atoms with Crippen molar-refractivity contribution in [2.24, 2.45) is 4.99 Å². The molecule has 8 nitrogen and oxygen atoms in total. The number of carbonyl (C=O) groups is 1. The van der Waals surface area contributed by atoms with Crippen LogP contribution in [0.15, 0.2) is 103 Å². The van der Waals surface area contributed by atoms with Gasteiger partial charge in [0.25, 0.3) is 0 Å². The summed E-state index contributed by atoms with van der Waals surface area (Å²) in [6, 6.07) is 20.0. The number of rotatable bonds is 11. The maximum absolute atomic E-state index is 13.0. The Bertz CT molecular complexity index is 1600. The highest BCUT2D eigenvalue weighted by Gasteiger charge is 2.15. The van der Waals surface area contributed by atoms with Crippen LogP contribution in [-0.4, -0.2) is 49.0 Å². The Morgan fingerprint density at radius 1 is 1.10 bits per heavy atom. The van der Waals surface area contributed by atoms with Crippen molar-refractivity contribution in [2.45, 2.75) is 19.3 Å². The van der Waals surface area contributed by atoms with Gasteiger partial charge < -0.3 is 10.2 Å². The first kappa shape index (κ1) is 27.9. The van der Waals surface area contributed by atoms with E-state index in [1.54, 1.807) is 47.4 Å². The second-order valence-electron chi connectivity index (χ2n) is 8.99. The normalized spacial score (nSPS) is 12.2. The summed E-state index contributed by atoms with van der Waals surface area (Å²) in [4.78, 5) is 32.4. The molecule has 4 rings (SSSR count). The molecule has 8 heteroatoms. The molecule has 4 aromatic rings. The van der Waals surface area contributed by atoms with Crippen LogP contribution in [0.25, 0.3) is 17.5 Å². The monoisotopic (exact) mass is 532 g/mol. The summed E-state index contributed by atoms with van der Waals surface area (Å²) >= 11 is 0. The van der Waals surface area contributed by atoms with Crippen LogP contribution in [0.4, 0.5) is 5.69 Å². The summed E-state index contributed by atoms with van der Waals surface area (Å²) in [5, 5.41) is 23.4. The maximum Gasteiger partial charge on any atom is 0.208 e. The van der Waals surface area contributed by atoms with Crippen LogP contribution >= 0.6 is 0 Å². The number of nitrogens with zero attached hydrogens (tertiary/aromatic N) is 4. The average molecular weight is 533 g/mol. The van der Waals surface area contributed by atoms with Crippen LogP contribution in [0.5, 0.6) is 0 Å². The summed E-state index contributed by atoms with van der Waals surface area (Å²) < 4.78 is 1.66. The van der Waals surface area contributed by atoms with Gasteiger partial charge in [0.2, 0.25) is 5.76 Å². The largest absolute Gasteiger partial charge is 0.499 e.